The van der Waals surface area contributed by atoms with Crippen molar-refractivity contribution in [2.24, 2.45) is 0 Å². The van der Waals surface area contributed by atoms with Gasteiger partial charge in [-0.2, -0.15) is 0 Å². The van der Waals surface area contributed by atoms with Gasteiger partial charge in [0.25, 0.3) is 0 Å². The quantitative estimate of drug-likeness (QED) is 0.585. The van der Waals surface area contributed by atoms with Crippen molar-refractivity contribution in [1.82, 2.24) is 5.16 Å². The van der Waals surface area contributed by atoms with Crippen LogP contribution in [0.2, 0.25) is 0 Å². The first kappa shape index (κ1) is 15.8. The standard InChI is InChI=1S/C19H19BrN2O/c1-14-18(21-13-5-8-15-6-3-2-4-7-15)19(23-22-14)16-9-11-17(20)12-10-16/h2-4,6-7,9-12,21H,5,8,13H2,1H3. The van der Waals surface area contributed by atoms with E-state index in [-0.39, 0.29) is 0 Å². The molecule has 1 aromatic heterocycles. The van der Waals surface area contributed by atoms with Crippen LogP contribution in [0, 0.1) is 6.92 Å². The van der Waals surface area contributed by atoms with Crippen LogP contribution in [0.25, 0.3) is 11.3 Å². The van der Waals surface area contributed by atoms with Crippen molar-refractivity contribution in [2.45, 2.75) is 19.8 Å². The van der Waals surface area contributed by atoms with Crippen molar-refractivity contribution < 1.29 is 4.52 Å². The Kier molecular flexibility index (Phi) is 5.13. The van der Waals surface area contributed by atoms with Crippen molar-refractivity contribution in [3.05, 3.63) is 70.3 Å². The molecule has 1 heterocycles. The van der Waals surface area contributed by atoms with Crippen LogP contribution < -0.4 is 5.32 Å². The van der Waals surface area contributed by atoms with Crippen LogP contribution in [0.5, 0.6) is 0 Å². The first-order valence-corrected chi connectivity index (χ1v) is 8.53. The van der Waals surface area contributed by atoms with E-state index in [1.54, 1.807) is 0 Å². The molecule has 23 heavy (non-hydrogen) atoms. The molecule has 0 aliphatic carbocycles. The maximum Gasteiger partial charge on any atom is 0.190 e. The predicted octanol–water partition coefficient (Wildman–Crippen LogP) is 5.46. The number of benzene rings is 2. The Morgan fingerprint density at radius 1 is 1.04 bits per heavy atom. The molecule has 3 rings (SSSR count). The van der Waals surface area contributed by atoms with Gasteiger partial charge in [0.1, 0.15) is 11.4 Å². The highest BCUT2D eigenvalue weighted by molar-refractivity contribution is 9.10. The van der Waals surface area contributed by atoms with Crippen LogP contribution in [0.4, 0.5) is 5.69 Å². The predicted molar refractivity (Wildman–Crippen MR) is 97.6 cm³/mol. The Bertz CT molecular complexity index is 751. The van der Waals surface area contributed by atoms with Gasteiger partial charge >= 0.3 is 0 Å². The smallest absolute Gasteiger partial charge is 0.190 e. The van der Waals surface area contributed by atoms with Gasteiger partial charge in [0.05, 0.1) is 0 Å². The highest BCUT2D eigenvalue weighted by atomic mass is 79.9. The van der Waals surface area contributed by atoms with Crippen LogP contribution in [0.3, 0.4) is 0 Å². The Hall–Kier alpha value is -2.07. The number of hydrogen-bond acceptors (Lipinski definition) is 3. The summed E-state index contributed by atoms with van der Waals surface area (Å²) in [6.45, 7) is 2.85. The van der Waals surface area contributed by atoms with Crippen molar-refractivity contribution in [3.8, 4) is 11.3 Å². The van der Waals surface area contributed by atoms with Gasteiger partial charge in [0, 0.05) is 16.6 Å². The van der Waals surface area contributed by atoms with E-state index in [1.165, 1.54) is 5.56 Å². The van der Waals surface area contributed by atoms with Crippen LogP contribution in [-0.4, -0.2) is 11.7 Å². The maximum atomic E-state index is 5.51. The fourth-order valence-electron chi connectivity index (χ4n) is 2.53. The molecule has 0 atom stereocenters. The number of hydrogen-bond donors (Lipinski definition) is 1. The summed E-state index contributed by atoms with van der Waals surface area (Å²) >= 11 is 3.45. The molecular formula is C19H19BrN2O. The van der Waals surface area contributed by atoms with E-state index in [0.29, 0.717) is 0 Å². The molecule has 0 aliphatic rings. The van der Waals surface area contributed by atoms with Crippen LogP contribution in [0.15, 0.2) is 63.6 Å². The molecule has 0 saturated carbocycles. The van der Waals surface area contributed by atoms with E-state index in [2.05, 4.69) is 50.7 Å². The molecule has 4 heteroatoms. The van der Waals surface area contributed by atoms with Gasteiger partial charge in [0.2, 0.25) is 0 Å². The largest absolute Gasteiger partial charge is 0.380 e. The third-order valence-corrected chi connectivity index (χ3v) is 4.28. The molecule has 0 saturated heterocycles. The molecule has 118 valence electrons. The molecule has 0 aliphatic heterocycles. The lowest BCUT2D eigenvalue weighted by Gasteiger charge is -2.07. The zero-order valence-corrected chi connectivity index (χ0v) is 14.6. The number of halogens is 1. The Labute approximate surface area is 144 Å². The Morgan fingerprint density at radius 2 is 1.78 bits per heavy atom. The Balaban J connectivity index is 1.64. The van der Waals surface area contributed by atoms with Crippen LogP contribution in [-0.2, 0) is 6.42 Å². The van der Waals surface area contributed by atoms with Crippen molar-refractivity contribution in [3.63, 3.8) is 0 Å². The number of aromatic nitrogens is 1. The normalized spacial score (nSPS) is 10.7. The lowest BCUT2D eigenvalue weighted by atomic mass is 10.1. The minimum atomic E-state index is 0.801. The van der Waals surface area contributed by atoms with E-state index < -0.39 is 0 Å². The van der Waals surface area contributed by atoms with Gasteiger partial charge in [-0.25, -0.2) is 0 Å². The highest BCUT2D eigenvalue weighted by Gasteiger charge is 2.14. The molecule has 0 radical (unpaired) electrons. The molecule has 0 spiro atoms. The second kappa shape index (κ2) is 7.47. The van der Waals surface area contributed by atoms with E-state index in [4.69, 9.17) is 4.52 Å². The molecule has 0 fully saturated rings. The fourth-order valence-corrected chi connectivity index (χ4v) is 2.79. The zero-order valence-electron chi connectivity index (χ0n) is 13.1. The summed E-state index contributed by atoms with van der Waals surface area (Å²) in [4.78, 5) is 0. The first-order chi connectivity index (χ1) is 11.2. The summed E-state index contributed by atoms with van der Waals surface area (Å²) in [5.74, 6) is 0.801. The summed E-state index contributed by atoms with van der Waals surface area (Å²) < 4.78 is 6.56. The Morgan fingerprint density at radius 3 is 2.52 bits per heavy atom. The summed E-state index contributed by atoms with van der Waals surface area (Å²) in [5, 5.41) is 7.58. The highest BCUT2D eigenvalue weighted by Crippen LogP contribution is 2.31. The van der Waals surface area contributed by atoms with E-state index in [0.717, 1.165) is 46.6 Å². The lowest BCUT2D eigenvalue weighted by molar-refractivity contribution is 0.427. The van der Waals surface area contributed by atoms with Gasteiger partial charge < -0.3 is 9.84 Å². The third-order valence-electron chi connectivity index (χ3n) is 3.76. The number of aryl methyl sites for hydroxylation is 2. The van der Waals surface area contributed by atoms with Crippen molar-refractivity contribution >= 4 is 21.6 Å². The van der Waals surface area contributed by atoms with Gasteiger partial charge in [-0.1, -0.05) is 51.4 Å². The van der Waals surface area contributed by atoms with Crippen molar-refractivity contribution in [2.75, 3.05) is 11.9 Å². The second-order valence-electron chi connectivity index (χ2n) is 5.49. The number of nitrogens with zero attached hydrogens (tertiary/aromatic N) is 1. The molecule has 1 N–H and O–H groups in total. The molecule has 0 bridgehead atoms. The van der Waals surface area contributed by atoms with Crippen LogP contribution >= 0.6 is 15.9 Å². The number of anilines is 1. The van der Waals surface area contributed by atoms with E-state index >= 15 is 0 Å². The van der Waals surface area contributed by atoms with Crippen molar-refractivity contribution in [1.29, 1.82) is 0 Å². The zero-order chi connectivity index (χ0) is 16.1. The summed E-state index contributed by atoms with van der Waals surface area (Å²) in [5.41, 5.74) is 4.27. The molecule has 3 aromatic rings. The molecular weight excluding hydrogens is 352 g/mol. The lowest BCUT2D eigenvalue weighted by Crippen LogP contribution is -2.04. The average Bonchev–Trinajstić information content (AvgIpc) is 2.94. The second-order valence-corrected chi connectivity index (χ2v) is 6.41. The van der Waals surface area contributed by atoms with Gasteiger partial charge in [-0.05, 0) is 49.6 Å². The molecule has 0 amide bonds. The average molecular weight is 371 g/mol. The number of rotatable bonds is 6. The molecule has 3 nitrogen and oxygen atoms in total. The minimum Gasteiger partial charge on any atom is -0.380 e. The topological polar surface area (TPSA) is 38.1 Å². The third kappa shape index (κ3) is 4.02. The fraction of sp³-hybridized carbons (Fsp3) is 0.211. The van der Waals surface area contributed by atoms with Gasteiger partial charge in [0.15, 0.2) is 5.76 Å². The summed E-state index contributed by atoms with van der Waals surface area (Å²) in [6.07, 6.45) is 2.13. The summed E-state index contributed by atoms with van der Waals surface area (Å²) in [6, 6.07) is 18.6. The van der Waals surface area contributed by atoms with Gasteiger partial charge in [-0.3, -0.25) is 0 Å². The maximum absolute atomic E-state index is 5.51. The van der Waals surface area contributed by atoms with Crippen LogP contribution in [0.1, 0.15) is 17.7 Å². The SMILES string of the molecule is Cc1noc(-c2ccc(Br)cc2)c1NCCCc1ccccc1. The number of nitrogens with one attached hydrogen (secondary N) is 1. The minimum absolute atomic E-state index is 0.801. The molecule has 2 aromatic carbocycles. The molecule has 0 unspecified atom stereocenters. The summed E-state index contributed by atoms with van der Waals surface area (Å²) in [7, 11) is 0. The monoisotopic (exact) mass is 370 g/mol. The van der Waals surface area contributed by atoms with E-state index in [1.807, 2.05) is 37.3 Å². The van der Waals surface area contributed by atoms with E-state index in [9.17, 15) is 0 Å². The van der Waals surface area contributed by atoms with Gasteiger partial charge in [-0.15, -0.1) is 0 Å². The first-order valence-electron chi connectivity index (χ1n) is 7.74.